The van der Waals surface area contributed by atoms with Crippen LogP contribution in [0.2, 0.25) is 0 Å². The summed E-state index contributed by atoms with van der Waals surface area (Å²) in [7, 11) is 0. The second kappa shape index (κ2) is 12.4. The Labute approximate surface area is 220 Å². The van der Waals surface area contributed by atoms with E-state index in [1.54, 1.807) is 18.4 Å². The third-order valence-corrected chi connectivity index (χ3v) is 8.17. The van der Waals surface area contributed by atoms with Gasteiger partial charge in [0.2, 0.25) is 0 Å². The predicted molar refractivity (Wildman–Crippen MR) is 146 cm³/mol. The van der Waals surface area contributed by atoms with E-state index in [9.17, 15) is 9.59 Å². The van der Waals surface area contributed by atoms with Gasteiger partial charge in [-0.1, -0.05) is 49.6 Å². The number of carbonyl (C=O) groups is 2. The first-order valence-corrected chi connectivity index (χ1v) is 14.0. The van der Waals surface area contributed by atoms with Crippen molar-refractivity contribution in [1.29, 1.82) is 0 Å². The Hall–Kier alpha value is -3.12. The molecular formula is C31H39N3O3. The molecule has 6 nitrogen and oxygen atoms in total. The highest BCUT2D eigenvalue weighted by Gasteiger charge is 2.25. The minimum Gasteiger partial charge on any atom is -0.462 e. The molecule has 196 valence electrons. The maximum atomic E-state index is 13.1. The van der Waals surface area contributed by atoms with Crippen molar-refractivity contribution in [3.63, 3.8) is 0 Å². The number of likely N-dealkylation sites (tertiary alicyclic amines) is 1. The van der Waals surface area contributed by atoms with Crippen molar-refractivity contribution < 1.29 is 14.3 Å². The number of ether oxygens (including phenoxy) is 1. The number of nitrogens with one attached hydrogen (secondary N) is 1. The van der Waals surface area contributed by atoms with Gasteiger partial charge in [-0.15, -0.1) is 0 Å². The Bertz CT molecular complexity index is 1090. The number of allylic oxidation sites excluding steroid dienone is 4. The minimum absolute atomic E-state index is 0.0931. The monoisotopic (exact) mass is 501 g/mol. The second-order valence-corrected chi connectivity index (χ2v) is 10.7. The van der Waals surface area contributed by atoms with Crippen molar-refractivity contribution in [3.8, 4) is 0 Å². The van der Waals surface area contributed by atoms with E-state index in [0.29, 0.717) is 18.3 Å². The van der Waals surface area contributed by atoms with E-state index in [0.717, 1.165) is 62.5 Å². The Morgan fingerprint density at radius 2 is 1.84 bits per heavy atom. The highest BCUT2D eigenvalue weighted by atomic mass is 16.5. The SMILES string of the molecule is O=C1C=CC=C(C2=CN(CCN3CCC(c4ccccc4C(=O)NCC4CCCCC4)CC3)C=CO2)C1. The lowest BCUT2D eigenvalue weighted by molar-refractivity contribution is -0.114. The molecule has 0 bridgehead atoms. The number of piperidine rings is 1. The van der Waals surface area contributed by atoms with Crippen molar-refractivity contribution in [3.05, 3.63) is 83.6 Å². The van der Waals surface area contributed by atoms with Gasteiger partial charge in [0.25, 0.3) is 5.91 Å². The topological polar surface area (TPSA) is 61.9 Å². The van der Waals surface area contributed by atoms with Crippen LogP contribution >= 0.6 is 0 Å². The van der Waals surface area contributed by atoms with Crippen LogP contribution in [0.5, 0.6) is 0 Å². The first kappa shape index (κ1) is 25.5. The van der Waals surface area contributed by atoms with Crippen LogP contribution in [0.4, 0.5) is 0 Å². The summed E-state index contributed by atoms with van der Waals surface area (Å²) >= 11 is 0. The van der Waals surface area contributed by atoms with E-state index in [1.165, 1.54) is 37.7 Å². The zero-order valence-corrected chi connectivity index (χ0v) is 21.7. The average molecular weight is 502 g/mol. The van der Waals surface area contributed by atoms with Crippen LogP contribution in [-0.2, 0) is 9.53 Å². The van der Waals surface area contributed by atoms with Gasteiger partial charge in [-0.3, -0.25) is 9.59 Å². The predicted octanol–water partition coefficient (Wildman–Crippen LogP) is 5.28. The van der Waals surface area contributed by atoms with Crippen LogP contribution in [0.25, 0.3) is 0 Å². The van der Waals surface area contributed by atoms with E-state index in [-0.39, 0.29) is 11.7 Å². The molecule has 37 heavy (non-hydrogen) atoms. The van der Waals surface area contributed by atoms with Gasteiger partial charge in [0.15, 0.2) is 5.78 Å². The third-order valence-electron chi connectivity index (χ3n) is 8.17. The molecule has 6 heteroatoms. The Morgan fingerprint density at radius 1 is 1.03 bits per heavy atom. The van der Waals surface area contributed by atoms with Gasteiger partial charge in [0.05, 0.1) is 0 Å². The number of benzene rings is 1. The second-order valence-electron chi connectivity index (χ2n) is 10.7. The molecule has 1 N–H and O–H groups in total. The van der Waals surface area contributed by atoms with Crippen LogP contribution in [0.1, 0.15) is 73.2 Å². The van der Waals surface area contributed by atoms with Crippen LogP contribution in [0.3, 0.4) is 0 Å². The quantitative estimate of drug-likeness (QED) is 0.525. The summed E-state index contributed by atoms with van der Waals surface area (Å²) in [5, 5.41) is 3.24. The molecule has 2 fully saturated rings. The lowest BCUT2D eigenvalue weighted by atomic mass is 9.86. The van der Waals surface area contributed by atoms with Gasteiger partial charge in [-0.2, -0.15) is 0 Å². The van der Waals surface area contributed by atoms with Gasteiger partial charge in [-0.05, 0) is 68.3 Å². The highest BCUT2D eigenvalue weighted by molar-refractivity contribution is 5.96. The zero-order valence-electron chi connectivity index (χ0n) is 21.7. The van der Waals surface area contributed by atoms with Gasteiger partial charge in [0.1, 0.15) is 12.0 Å². The minimum atomic E-state index is 0.0931. The van der Waals surface area contributed by atoms with Crippen LogP contribution < -0.4 is 5.32 Å². The Kier molecular flexibility index (Phi) is 8.57. The number of hydrogen-bond acceptors (Lipinski definition) is 5. The van der Waals surface area contributed by atoms with Crippen molar-refractivity contribution in [1.82, 2.24) is 15.1 Å². The third kappa shape index (κ3) is 6.80. The van der Waals surface area contributed by atoms with Gasteiger partial charge < -0.3 is 19.9 Å². The fourth-order valence-corrected chi connectivity index (χ4v) is 5.96. The normalized spacial score (nSPS) is 21.4. The Balaban J connectivity index is 1.11. The molecule has 1 aromatic carbocycles. The molecule has 2 heterocycles. The summed E-state index contributed by atoms with van der Waals surface area (Å²) in [5.41, 5.74) is 2.98. The molecule has 1 amide bonds. The van der Waals surface area contributed by atoms with E-state index in [1.807, 2.05) is 30.6 Å². The molecule has 0 spiro atoms. The fraction of sp³-hybridized carbons (Fsp3) is 0.484. The first-order chi connectivity index (χ1) is 18.2. The number of amides is 1. The number of carbonyl (C=O) groups excluding carboxylic acids is 2. The first-order valence-electron chi connectivity index (χ1n) is 14.0. The van der Waals surface area contributed by atoms with Crippen LogP contribution in [0, 0.1) is 5.92 Å². The molecule has 1 saturated heterocycles. The summed E-state index contributed by atoms with van der Waals surface area (Å²) in [6.45, 7) is 4.69. The molecule has 4 aliphatic rings. The molecule has 2 aliphatic carbocycles. The van der Waals surface area contributed by atoms with Crippen molar-refractivity contribution in [2.45, 2.75) is 57.3 Å². The average Bonchev–Trinajstić information content (AvgIpc) is 2.96. The lowest BCUT2D eigenvalue weighted by Crippen LogP contribution is -2.38. The fourth-order valence-electron chi connectivity index (χ4n) is 5.96. The van der Waals surface area contributed by atoms with Gasteiger partial charge in [0, 0.05) is 49.6 Å². The number of nitrogens with zero attached hydrogens (tertiary/aromatic N) is 2. The molecule has 0 unspecified atom stereocenters. The number of ketones is 1. The molecule has 2 aliphatic heterocycles. The van der Waals surface area contributed by atoms with E-state index < -0.39 is 0 Å². The molecule has 1 aromatic rings. The highest BCUT2D eigenvalue weighted by Crippen LogP contribution is 2.31. The smallest absolute Gasteiger partial charge is 0.251 e. The summed E-state index contributed by atoms with van der Waals surface area (Å²) < 4.78 is 5.67. The molecular weight excluding hydrogens is 462 g/mol. The summed E-state index contributed by atoms with van der Waals surface area (Å²) in [6, 6.07) is 8.21. The summed E-state index contributed by atoms with van der Waals surface area (Å²) in [5.74, 6) is 2.01. The van der Waals surface area contributed by atoms with Crippen LogP contribution in [0.15, 0.2) is 72.5 Å². The lowest BCUT2D eigenvalue weighted by Gasteiger charge is -2.34. The molecule has 0 aromatic heterocycles. The zero-order chi connectivity index (χ0) is 25.5. The van der Waals surface area contributed by atoms with E-state index >= 15 is 0 Å². The van der Waals surface area contributed by atoms with Gasteiger partial charge >= 0.3 is 0 Å². The Morgan fingerprint density at radius 3 is 2.65 bits per heavy atom. The maximum Gasteiger partial charge on any atom is 0.251 e. The maximum absolute atomic E-state index is 13.1. The summed E-state index contributed by atoms with van der Waals surface area (Å²) in [4.78, 5) is 29.5. The molecule has 5 rings (SSSR count). The molecule has 0 atom stereocenters. The largest absolute Gasteiger partial charge is 0.462 e. The van der Waals surface area contributed by atoms with Crippen molar-refractivity contribution >= 4 is 11.7 Å². The van der Waals surface area contributed by atoms with E-state index in [2.05, 4.69) is 27.2 Å². The van der Waals surface area contributed by atoms with Gasteiger partial charge in [-0.25, -0.2) is 0 Å². The number of hydrogen-bond donors (Lipinski definition) is 1. The van der Waals surface area contributed by atoms with E-state index in [4.69, 9.17) is 4.74 Å². The number of rotatable bonds is 8. The standard InChI is InChI=1S/C31H39N3O3/c35-27-10-6-9-26(21-27)30-23-34(19-20-37-30)18-17-33-15-13-25(14-16-33)28-11-4-5-12-29(28)31(36)32-22-24-7-2-1-3-8-24/h4-6,9-12,19-20,23-25H,1-3,7-8,13-18,21-22H2,(H,32,36). The van der Waals surface area contributed by atoms with Crippen molar-refractivity contribution in [2.75, 3.05) is 32.7 Å². The summed E-state index contributed by atoms with van der Waals surface area (Å²) in [6.07, 6.45) is 19.9. The van der Waals surface area contributed by atoms with Crippen molar-refractivity contribution in [2.24, 2.45) is 5.92 Å². The van der Waals surface area contributed by atoms with Crippen LogP contribution in [-0.4, -0.2) is 54.2 Å². The molecule has 1 saturated carbocycles. The molecule has 0 radical (unpaired) electrons.